The Bertz CT molecular complexity index is 347. The van der Waals surface area contributed by atoms with Gasteiger partial charge >= 0.3 is 0 Å². The zero-order chi connectivity index (χ0) is 13.9. The minimum Gasteiger partial charge on any atom is -0.376 e. The summed E-state index contributed by atoms with van der Waals surface area (Å²) in [5, 5.41) is 2.83. The van der Waals surface area contributed by atoms with Gasteiger partial charge in [-0.15, -0.1) is 0 Å². The van der Waals surface area contributed by atoms with Crippen LogP contribution in [0, 0.1) is 0 Å². The highest BCUT2D eigenvalue weighted by molar-refractivity contribution is 5.90. The summed E-state index contributed by atoms with van der Waals surface area (Å²) in [7, 11) is 1.72. The van der Waals surface area contributed by atoms with Crippen LogP contribution in [0.15, 0.2) is 0 Å². The van der Waals surface area contributed by atoms with Gasteiger partial charge in [-0.25, -0.2) is 0 Å². The third-order valence-corrected chi connectivity index (χ3v) is 4.31. The van der Waals surface area contributed by atoms with Crippen molar-refractivity contribution in [3.05, 3.63) is 0 Å². The number of amides is 2. The SMILES string of the molecule is CCCC1NC(=O)CCN(CC2(OC)CCC2)C1=O. The summed E-state index contributed by atoms with van der Waals surface area (Å²) in [6, 6.07) is -0.353. The fraction of sp³-hybridized carbons (Fsp3) is 0.857. The van der Waals surface area contributed by atoms with Crippen LogP contribution in [0.2, 0.25) is 0 Å². The molecule has 0 bridgehead atoms. The Balaban J connectivity index is 2.05. The molecule has 2 amide bonds. The lowest BCUT2D eigenvalue weighted by Gasteiger charge is -2.43. The van der Waals surface area contributed by atoms with Crippen LogP contribution in [-0.2, 0) is 14.3 Å². The number of nitrogens with one attached hydrogen (secondary N) is 1. The summed E-state index contributed by atoms with van der Waals surface area (Å²) in [6.07, 6.45) is 5.17. The van der Waals surface area contributed by atoms with Crippen LogP contribution >= 0.6 is 0 Å². The smallest absolute Gasteiger partial charge is 0.245 e. The molecule has 0 aromatic heterocycles. The van der Waals surface area contributed by atoms with Gasteiger partial charge in [0.25, 0.3) is 0 Å². The van der Waals surface area contributed by atoms with Gasteiger partial charge in [-0.05, 0) is 25.7 Å². The molecule has 1 N–H and O–H groups in total. The van der Waals surface area contributed by atoms with Crippen LogP contribution in [-0.4, -0.2) is 48.6 Å². The van der Waals surface area contributed by atoms with Gasteiger partial charge in [0.05, 0.1) is 5.60 Å². The molecule has 19 heavy (non-hydrogen) atoms. The first-order chi connectivity index (χ1) is 9.10. The average Bonchev–Trinajstić information content (AvgIpc) is 2.47. The van der Waals surface area contributed by atoms with E-state index in [-0.39, 0.29) is 23.5 Å². The second-order valence-electron chi connectivity index (χ2n) is 5.66. The van der Waals surface area contributed by atoms with E-state index in [4.69, 9.17) is 4.74 Å². The Morgan fingerprint density at radius 1 is 1.42 bits per heavy atom. The number of ether oxygens (including phenoxy) is 1. The van der Waals surface area contributed by atoms with E-state index >= 15 is 0 Å². The lowest BCUT2D eigenvalue weighted by Crippen LogP contribution is -2.53. The van der Waals surface area contributed by atoms with E-state index in [1.54, 1.807) is 7.11 Å². The molecule has 2 fully saturated rings. The van der Waals surface area contributed by atoms with E-state index in [1.165, 1.54) is 0 Å². The Labute approximate surface area is 114 Å². The van der Waals surface area contributed by atoms with E-state index in [0.717, 1.165) is 25.7 Å². The molecular formula is C14H24N2O3. The van der Waals surface area contributed by atoms with Crippen molar-refractivity contribution in [2.24, 2.45) is 0 Å². The molecule has 1 saturated carbocycles. The molecule has 108 valence electrons. The maximum absolute atomic E-state index is 12.5. The summed E-state index contributed by atoms with van der Waals surface area (Å²) in [6.45, 7) is 3.16. The normalized spacial score (nSPS) is 26.6. The lowest BCUT2D eigenvalue weighted by atomic mass is 9.79. The van der Waals surface area contributed by atoms with Crippen LogP contribution in [0.3, 0.4) is 0 Å². The fourth-order valence-corrected chi connectivity index (χ4v) is 2.88. The minimum atomic E-state index is -0.353. The van der Waals surface area contributed by atoms with Gasteiger partial charge in [0.2, 0.25) is 11.8 Å². The molecule has 5 nitrogen and oxygen atoms in total. The minimum absolute atomic E-state index is 0.0191. The highest BCUT2D eigenvalue weighted by Crippen LogP contribution is 2.36. The molecular weight excluding hydrogens is 244 g/mol. The molecule has 1 aliphatic heterocycles. The molecule has 2 aliphatic rings. The molecule has 0 spiro atoms. The lowest BCUT2D eigenvalue weighted by molar-refractivity contribution is -0.142. The van der Waals surface area contributed by atoms with Gasteiger partial charge < -0.3 is 15.0 Å². The molecule has 1 heterocycles. The second-order valence-corrected chi connectivity index (χ2v) is 5.66. The largest absolute Gasteiger partial charge is 0.376 e. The van der Waals surface area contributed by atoms with Crippen molar-refractivity contribution in [3.8, 4) is 0 Å². The van der Waals surface area contributed by atoms with Gasteiger partial charge in [-0.1, -0.05) is 13.3 Å². The number of hydrogen-bond acceptors (Lipinski definition) is 3. The highest BCUT2D eigenvalue weighted by atomic mass is 16.5. The predicted molar refractivity (Wildman–Crippen MR) is 71.6 cm³/mol. The second kappa shape index (κ2) is 5.90. The van der Waals surface area contributed by atoms with Crippen molar-refractivity contribution in [2.45, 2.75) is 57.1 Å². The Kier molecular flexibility index (Phi) is 4.45. The van der Waals surface area contributed by atoms with Crippen molar-refractivity contribution in [1.29, 1.82) is 0 Å². The maximum Gasteiger partial charge on any atom is 0.245 e. The molecule has 1 unspecified atom stereocenters. The topological polar surface area (TPSA) is 58.6 Å². The van der Waals surface area contributed by atoms with Gasteiger partial charge in [0.1, 0.15) is 6.04 Å². The van der Waals surface area contributed by atoms with Crippen molar-refractivity contribution in [2.75, 3.05) is 20.2 Å². The number of methoxy groups -OCH3 is 1. The van der Waals surface area contributed by atoms with E-state index in [1.807, 2.05) is 11.8 Å². The number of hydrogen-bond donors (Lipinski definition) is 1. The van der Waals surface area contributed by atoms with Gasteiger partial charge in [-0.2, -0.15) is 0 Å². The number of carbonyl (C=O) groups is 2. The van der Waals surface area contributed by atoms with Crippen molar-refractivity contribution < 1.29 is 14.3 Å². The number of rotatable bonds is 5. The van der Waals surface area contributed by atoms with E-state index < -0.39 is 0 Å². The third kappa shape index (κ3) is 3.08. The molecule has 2 rings (SSSR count). The fourth-order valence-electron chi connectivity index (χ4n) is 2.88. The highest BCUT2D eigenvalue weighted by Gasteiger charge is 2.41. The first-order valence-corrected chi connectivity index (χ1v) is 7.23. The third-order valence-electron chi connectivity index (χ3n) is 4.31. The van der Waals surface area contributed by atoms with E-state index in [9.17, 15) is 9.59 Å². The summed E-state index contributed by atoms with van der Waals surface area (Å²) < 4.78 is 5.59. The quantitative estimate of drug-likeness (QED) is 0.811. The van der Waals surface area contributed by atoms with E-state index in [2.05, 4.69) is 5.32 Å². The van der Waals surface area contributed by atoms with Crippen LogP contribution < -0.4 is 5.32 Å². The number of carbonyl (C=O) groups excluding carboxylic acids is 2. The molecule has 1 aliphatic carbocycles. The predicted octanol–water partition coefficient (Wildman–Crippen LogP) is 1.07. The first kappa shape index (κ1) is 14.3. The summed E-state index contributed by atoms with van der Waals surface area (Å²) in [5.41, 5.74) is -0.167. The zero-order valence-electron chi connectivity index (χ0n) is 11.9. The van der Waals surface area contributed by atoms with Crippen LogP contribution in [0.1, 0.15) is 45.4 Å². The molecule has 1 atom stereocenters. The molecule has 5 heteroatoms. The molecule has 1 saturated heterocycles. The van der Waals surface area contributed by atoms with Crippen molar-refractivity contribution in [1.82, 2.24) is 10.2 Å². The van der Waals surface area contributed by atoms with Gasteiger partial charge in [0, 0.05) is 26.6 Å². The Hall–Kier alpha value is -1.10. The zero-order valence-corrected chi connectivity index (χ0v) is 11.9. The van der Waals surface area contributed by atoms with Crippen LogP contribution in [0.5, 0.6) is 0 Å². The van der Waals surface area contributed by atoms with Crippen LogP contribution in [0.25, 0.3) is 0 Å². The Morgan fingerprint density at radius 2 is 2.16 bits per heavy atom. The van der Waals surface area contributed by atoms with E-state index in [0.29, 0.717) is 25.9 Å². The summed E-state index contributed by atoms with van der Waals surface area (Å²) >= 11 is 0. The molecule has 0 aromatic carbocycles. The molecule has 0 aromatic rings. The summed E-state index contributed by atoms with van der Waals surface area (Å²) in [4.78, 5) is 25.9. The monoisotopic (exact) mass is 268 g/mol. The van der Waals surface area contributed by atoms with Gasteiger partial charge in [0.15, 0.2) is 0 Å². The summed E-state index contributed by atoms with van der Waals surface area (Å²) in [5.74, 6) is 0.0328. The number of nitrogens with zero attached hydrogens (tertiary/aromatic N) is 1. The average molecular weight is 268 g/mol. The van der Waals surface area contributed by atoms with Crippen molar-refractivity contribution in [3.63, 3.8) is 0 Å². The Morgan fingerprint density at radius 3 is 2.68 bits per heavy atom. The maximum atomic E-state index is 12.5. The molecule has 0 radical (unpaired) electrons. The first-order valence-electron chi connectivity index (χ1n) is 7.23. The standard InChI is InChI=1S/C14H24N2O3/c1-3-5-11-13(18)16(9-6-12(17)15-11)10-14(19-2)7-4-8-14/h11H,3-10H2,1-2H3,(H,15,17). The van der Waals surface area contributed by atoms with Gasteiger partial charge in [-0.3, -0.25) is 9.59 Å². The van der Waals surface area contributed by atoms with Crippen LogP contribution in [0.4, 0.5) is 0 Å². The van der Waals surface area contributed by atoms with Crippen molar-refractivity contribution >= 4 is 11.8 Å².